The van der Waals surface area contributed by atoms with Gasteiger partial charge in [-0.15, -0.1) is 0 Å². The molecule has 58 valence electrons. The summed E-state index contributed by atoms with van der Waals surface area (Å²) in [6, 6.07) is -0.228. The van der Waals surface area contributed by atoms with Crippen molar-refractivity contribution in [1.29, 1.82) is 0 Å². The number of rotatable bonds is 0. The molecular weight excluding hydrogens is 136 g/mol. The SMILES string of the molecule is N[C@@H]1CCC[C@H]2[C@@H]1C2(F)F. The molecule has 0 aliphatic heterocycles. The molecule has 3 heteroatoms. The average Bonchev–Trinajstić information content (AvgIpc) is 2.38. The molecule has 0 saturated heterocycles. The number of fused-ring (bicyclic) bond motifs is 1. The van der Waals surface area contributed by atoms with Crippen LogP contribution in [-0.4, -0.2) is 12.0 Å². The predicted molar refractivity (Wildman–Crippen MR) is 33.8 cm³/mol. The van der Waals surface area contributed by atoms with E-state index in [1.165, 1.54) is 0 Å². The van der Waals surface area contributed by atoms with Crippen LogP contribution < -0.4 is 5.73 Å². The van der Waals surface area contributed by atoms with E-state index in [0.717, 1.165) is 12.8 Å². The Balaban J connectivity index is 2.11. The molecule has 10 heavy (non-hydrogen) atoms. The second kappa shape index (κ2) is 1.70. The van der Waals surface area contributed by atoms with Crippen molar-refractivity contribution >= 4 is 0 Å². The van der Waals surface area contributed by atoms with Gasteiger partial charge >= 0.3 is 0 Å². The van der Waals surface area contributed by atoms with Crippen molar-refractivity contribution in [1.82, 2.24) is 0 Å². The molecule has 2 N–H and O–H groups in total. The molecule has 3 atom stereocenters. The maximum absolute atomic E-state index is 12.7. The molecule has 2 saturated carbocycles. The second-order valence-electron chi connectivity index (χ2n) is 3.40. The van der Waals surface area contributed by atoms with E-state index >= 15 is 0 Å². The van der Waals surface area contributed by atoms with Gasteiger partial charge in [0.1, 0.15) is 0 Å². The van der Waals surface area contributed by atoms with Crippen LogP contribution >= 0.6 is 0 Å². The summed E-state index contributed by atoms with van der Waals surface area (Å²) in [5.74, 6) is -3.24. The minimum absolute atomic E-state index is 0.228. The third-order valence-corrected chi connectivity index (χ3v) is 2.78. The standard InChI is InChI=1S/C7H11F2N/c8-7(9)4-2-1-3-5(10)6(4)7/h4-6H,1-3,10H2/t4-,5+,6-/m0/s1. The van der Waals surface area contributed by atoms with Gasteiger partial charge in [-0.1, -0.05) is 6.42 Å². The lowest BCUT2D eigenvalue weighted by Crippen LogP contribution is -2.27. The van der Waals surface area contributed by atoms with Gasteiger partial charge in [0, 0.05) is 17.9 Å². The van der Waals surface area contributed by atoms with Crippen molar-refractivity contribution in [3.05, 3.63) is 0 Å². The Bertz CT molecular complexity index is 158. The fourth-order valence-corrected chi connectivity index (χ4v) is 2.13. The topological polar surface area (TPSA) is 26.0 Å². The zero-order chi connectivity index (χ0) is 7.35. The Morgan fingerprint density at radius 1 is 1.30 bits per heavy atom. The first-order valence-corrected chi connectivity index (χ1v) is 3.77. The first-order chi connectivity index (χ1) is 4.64. The maximum Gasteiger partial charge on any atom is 0.256 e. The summed E-state index contributed by atoms with van der Waals surface area (Å²) in [5, 5.41) is 0. The fourth-order valence-electron chi connectivity index (χ4n) is 2.13. The van der Waals surface area contributed by atoms with Crippen LogP contribution in [0.3, 0.4) is 0 Å². The lowest BCUT2D eigenvalue weighted by atomic mass is 9.96. The van der Waals surface area contributed by atoms with E-state index in [-0.39, 0.29) is 12.0 Å². The number of hydrogen-bond acceptors (Lipinski definition) is 1. The molecule has 0 aromatic rings. The molecule has 1 nitrogen and oxygen atoms in total. The van der Waals surface area contributed by atoms with Gasteiger partial charge in [-0.05, 0) is 12.8 Å². The van der Waals surface area contributed by atoms with E-state index in [1.807, 2.05) is 0 Å². The van der Waals surface area contributed by atoms with E-state index in [4.69, 9.17) is 5.73 Å². The molecule has 0 spiro atoms. The number of alkyl halides is 2. The third-order valence-electron chi connectivity index (χ3n) is 2.78. The van der Waals surface area contributed by atoms with Crippen molar-refractivity contribution in [3.8, 4) is 0 Å². The van der Waals surface area contributed by atoms with E-state index in [9.17, 15) is 8.78 Å². The van der Waals surface area contributed by atoms with Gasteiger partial charge in [0.2, 0.25) is 0 Å². The summed E-state index contributed by atoms with van der Waals surface area (Å²) >= 11 is 0. The van der Waals surface area contributed by atoms with Crippen LogP contribution in [0.25, 0.3) is 0 Å². The van der Waals surface area contributed by atoms with Crippen molar-refractivity contribution in [2.75, 3.05) is 0 Å². The van der Waals surface area contributed by atoms with E-state index < -0.39 is 11.8 Å². The third kappa shape index (κ3) is 0.641. The highest BCUT2D eigenvalue weighted by Gasteiger charge is 2.70. The van der Waals surface area contributed by atoms with Gasteiger partial charge in [0.05, 0.1) is 0 Å². The Hall–Kier alpha value is -0.180. The van der Waals surface area contributed by atoms with Crippen molar-refractivity contribution in [3.63, 3.8) is 0 Å². The van der Waals surface area contributed by atoms with Gasteiger partial charge < -0.3 is 5.73 Å². The fraction of sp³-hybridized carbons (Fsp3) is 1.00. The molecule has 2 fully saturated rings. The number of hydrogen-bond donors (Lipinski definition) is 1. The normalized spacial score (nSPS) is 50.1. The first kappa shape index (κ1) is 6.53. The molecule has 0 aromatic heterocycles. The average molecular weight is 147 g/mol. The summed E-state index contributed by atoms with van der Waals surface area (Å²) in [4.78, 5) is 0. The van der Waals surface area contributed by atoms with E-state index in [0.29, 0.717) is 6.42 Å². The molecule has 0 aromatic carbocycles. The molecule has 0 bridgehead atoms. The highest BCUT2D eigenvalue weighted by atomic mass is 19.3. The number of nitrogens with two attached hydrogens (primary N) is 1. The monoisotopic (exact) mass is 147 g/mol. The summed E-state index contributed by atoms with van der Waals surface area (Å²) in [7, 11) is 0. The molecule has 2 aliphatic carbocycles. The summed E-state index contributed by atoms with van der Waals surface area (Å²) in [5.41, 5.74) is 5.52. The van der Waals surface area contributed by atoms with E-state index in [1.54, 1.807) is 0 Å². The van der Waals surface area contributed by atoms with Crippen LogP contribution in [0, 0.1) is 11.8 Å². The minimum Gasteiger partial charge on any atom is -0.327 e. The van der Waals surface area contributed by atoms with Gasteiger partial charge in [0.15, 0.2) is 0 Å². The minimum atomic E-state index is -2.41. The highest BCUT2D eigenvalue weighted by molar-refractivity contribution is 5.11. The molecule has 0 amide bonds. The predicted octanol–water partition coefficient (Wildman–Crippen LogP) is 1.38. The Labute approximate surface area is 58.6 Å². The van der Waals surface area contributed by atoms with E-state index in [2.05, 4.69) is 0 Å². The van der Waals surface area contributed by atoms with Crippen LogP contribution in [0.1, 0.15) is 19.3 Å². The quantitative estimate of drug-likeness (QED) is 0.550. The Kier molecular flexibility index (Phi) is 1.11. The van der Waals surface area contributed by atoms with Crippen LogP contribution in [0.2, 0.25) is 0 Å². The second-order valence-corrected chi connectivity index (χ2v) is 3.40. The summed E-state index contributed by atoms with van der Waals surface area (Å²) in [6.45, 7) is 0. The molecule has 0 unspecified atom stereocenters. The van der Waals surface area contributed by atoms with Crippen molar-refractivity contribution in [2.24, 2.45) is 17.6 Å². The lowest BCUT2D eigenvalue weighted by molar-refractivity contribution is 0.0828. The van der Waals surface area contributed by atoms with Crippen LogP contribution in [0.5, 0.6) is 0 Å². The molecule has 2 rings (SSSR count). The van der Waals surface area contributed by atoms with Crippen LogP contribution in [-0.2, 0) is 0 Å². The van der Waals surface area contributed by atoms with Crippen LogP contribution in [0.4, 0.5) is 8.78 Å². The summed E-state index contributed by atoms with van der Waals surface area (Å²) < 4.78 is 25.3. The number of halogens is 2. The first-order valence-electron chi connectivity index (χ1n) is 3.77. The molecular formula is C7H11F2N. The molecule has 0 heterocycles. The van der Waals surface area contributed by atoms with Crippen LogP contribution in [0.15, 0.2) is 0 Å². The highest BCUT2D eigenvalue weighted by Crippen LogP contribution is 2.61. The van der Waals surface area contributed by atoms with Gasteiger partial charge in [-0.25, -0.2) is 8.78 Å². The van der Waals surface area contributed by atoms with Crippen molar-refractivity contribution in [2.45, 2.75) is 31.2 Å². The van der Waals surface area contributed by atoms with Crippen molar-refractivity contribution < 1.29 is 8.78 Å². The van der Waals surface area contributed by atoms with Gasteiger partial charge in [-0.3, -0.25) is 0 Å². The summed E-state index contributed by atoms with van der Waals surface area (Å²) in [6.07, 6.45) is 2.36. The Morgan fingerprint density at radius 2 is 2.00 bits per heavy atom. The largest absolute Gasteiger partial charge is 0.327 e. The Morgan fingerprint density at radius 3 is 2.50 bits per heavy atom. The zero-order valence-corrected chi connectivity index (χ0v) is 5.69. The zero-order valence-electron chi connectivity index (χ0n) is 5.69. The molecule has 0 radical (unpaired) electrons. The molecule has 2 aliphatic rings. The lowest BCUT2D eigenvalue weighted by Gasteiger charge is -2.13. The maximum atomic E-state index is 12.7. The smallest absolute Gasteiger partial charge is 0.256 e. The van der Waals surface area contributed by atoms with Gasteiger partial charge in [-0.2, -0.15) is 0 Å². The van der Waals surface area contributed by atoms with Gasteiger partial charge in [0.25, 0.3) is 5.92 Å².